The molecular formula is C15H13ClF3NO. The number of halogens is 4. The van der Waals surface area contributed by atoms with Gasteiger partial charge in [0.05, 0.1) is 6.04 Å². The minimum Gasteiger partial charge on any atom is -0.405 e. The molecule has 0 aliphatic heterocycles. The van der Waals surface area contributed by atoms with Crippen molar-refractivity contribution in [3.63, 3.8) is 0 Å². The number of hydrogen-bond acceptors (Lipinski definition) is 2. The zero-order valence-electron chi connectivity index (χ0n) is 11.1. The molecule has 21 heavy (non-hydrogen) atoms. The smallest absolute Gasteiger partial charge is 0.405 e. The van der Waals surface area contributed by atoms with Crippen molar-refractivity contribution >= 4 is 11.6 Å². The Kier molecular flexibility index (Phi) is 4.44. The van der Waals surface area contributed by atoms with Crippen molar-refractivity contribution in [3.05, 3.63) is 64.2 Å². The van der Waals surface area contributed by atoms with E-state index in [9.17, 15) is 13.2 Å². The molecule has 0 aliphatic carbocycles. The monoisotopic (exact) mass is 315 g/mol. The van der Waals surface area contributed by atoms with Gasteiger partial charge in [-0.2, -0.15) is 0 Å². The number of ether oxygens (including phenoxy) is 1. The van der Waals surface area contributed by atoms with Gasteiger partial charge in [0.25, 0.3) is 0 Å². The van der Waals surface area contributed by atoms with Crippen molar-refractivity contribution in [2.45, 2.75) is 19.3 Å². The molecule has 2 aromatic rings. The number of rotatable bonds is 3. The highest BCUT2D eigenvalue weighted by atomic mass is 35.5. The average Bonchev–Trinajstić information content (AvgIpc) is 2.36. The van der Waals surface area contributed by atoms with Crippen LogP contribution in [0.25, 0.3) is 0 Å². The van der Waals surface area contributed by atoms with Gasteiger partial charge >= 0.3 is 6.36 Å². The second-order valence-electron chi connectivity index (χ2n) is 4.56. The molecule has 0 fully saturated rings. The molecule has 1 unspecified atom stereocenters. The molecule has 0 bridgehead atoms. The first-order valence-electron chi connectivity index (χ1n) is 6.14. The van der Waals surface area contributed by atoms with Crippen molar-refractivity contribution in [1.82, 2.24) is 0 Å². The molecule has 0 saturated carbocycles. The molecule has 2 rings (SSSR count). The van der Waals surface area contributed by atoms with Gasteiger partial charge in [-0.15, -0.1) is 13.2 Å². The lowest BCUT2D eigenvalue weighted by Crippen LogP contribution is -2.21. The van der Waals surface area contributed by atoms with Crippen LogP contribution in [0.3, 0.4) is 0 Å². The fraction of sp³-hybridized carbons (Fsp3) is 0.200. The summed E-state index contributed by atoms with van der Waals surface area (Å²) >= 11 is 5.87. The summed E-state index contributed by atoms with van der Waals surface area (Å²) in [5, 5.41) is 0.545. The van der Waals surface area contributed by atoms with E-state index < -0.39 is 12.4 Å². The number of nitrogens with two attached hydrogens (primary N) is 1. The Morgan fingerprint density at radius 3 is 2.38 bits per heavy atom. The first-order valence-corrected chi connectivity index (χ1v) is 6.52. The maximum absolute atomic E-state index is 12.4. The van der Waals surface area contributed by atoms with Gasteiger partial charge in [0.2, 0.25) is 0 Å². The third-order valence-corrected chi connectivity index (χ3v) is 3.28. The van der Waals surface area contributed by atoms with E-state index >= 15 is 0 Å². The highest BCUT2D eigenvalue weighted by Crippen LogP contribution is 2.33. The third-order valence-electron chi connectivity index (χ3n) is 3.05. The van der Waals surface area contributed by atoms with Crippen LogP contribution in [0.2, 0.25) is 5.02 Å². The van der Waals surface area contributed by atoms with Crippen molar-refractivity contribution < 1.29 is 17.9 Å². The second-order valence-corrected chi connectivity index (χ2v) is 5.00. The van der Waals surface area contributed by atoms with Gasteiger partial charge in [-0.3, -0.25) is 0 Å². The Morgan fingerprint density at radius 2 is 1.76 bits per heavy atom. The summed E-state index contributed by atoms with van der Waals surface area (Å²) in [4.78, 5) is 0. The summed E-state index contributed by atoms with van der Waals surface area (Å²) in [5.74, 6) is -0.299. The summed E-state index contributed by atoms with van der Waals surface area (Å²) in [5.41, 5.74) is 7.86. The Labute approximate surface area is 125 Å². The lowest BCUT2D eigenvalue weighted by molar-refractivity contribution is -0.274. The summed E-state index contributed by atoms with van der Waals surface area (Å²) < 4.78 is 41.3. The maximum atomic E-state index is 12.4. The van der Waals surface area contributed by atoms with Crippen LogP contribution in [0.5, 0.6) is 5.75 Å². The normalized spacial score (nSPS) is 13.0. The number of alkyl halides is 3. The Morgan fingerprint density at radius 1 is 1.10 bits per heavy atom. The predicted octanol–water partition coefficient (Wildman–Crippen LogP) is 4.60. The van der Waals surface area contributed by atoms with Crippen LogP contribution < -0.4 is 10.5 Å². The fourth-order valence-electron chi connectivity index (χ4n) is 2.11. The minimum atomic E-state index is -4.76. The molecule has 112 valence electrons. The van der Waals surface area contributed by atoms with Crippen LogP contribution in [-0.4, -0.2) is 6.36 Å². The molecule has 0 radical (unpaired) electrons. The third kappa shape index (κ3) is 3.89. The van der Waals surface area contributed by atoms with E-state index in [2.05, 4.69) is 4.74 Å². The average molecular weight is 316 g/mol. The summed E-state index contributed by atoms with van der Waals surface area (Å²) in [6.07, 6.45) is -4.76. The van der Waals surface area contributed by atoms with Gasteiger partial charge in [-0.1, -0.05) is 35.9 Å². The standard InChI is InChI=1S/C15H13ClF3NO/c1-9-8-10(16)6-7-11(9)14(20)12-4-2-3-5-13(12)21-15(17,18)19/h2-8,14H,20H2,1H3. The topological polar surface area (TPSA) is 35.2 Å². The quantitative estimate of drug-likeness (QED) is 0.898. The minimum absolute atomic E-state index is 0.264. The molecule has 0 aromatic heterocycles. The van der Waals surface area contributed by atoms with Gasteiger partial charge < -0.3 is 10.5 Å². The molecule has 0 aliphatic rings. The zero-order chi connectivity index (χ0) is 15.6. The molecule has 2 aromatic carbocycles. The number of benzene rings is 2. The summed E-state index contributed by atoms with van der Waals surface area (Å²) in [6, 6.07) is 10.2. The van der Waals surface area contributed by atoms with Crippen LogP contribution in [0.15, 0.2) is 42.5 Å². The maximum Gasteiger partial charge on any atom is 0.573 e. The molecule has 6 heteroatoms. The predicted molar refractivity (Wildman–Crippen MR) is 75.3 cm³/mol. The van der Waals surface area contributed by atoms with Crippen molar-refractivity contribution in [3.8, 4) is 5.75 Å². The zero-order valence-corrected chi connectivity index (χ0v) is 11.9. The number of aryl methyl sites for hydroxylation is 1. The van der Waals surface area contributed by atoms with E-state index in [0.29, 0.717) is 10.6 Å². The van der Waals surface area contributed by atoms with E-state index in [4.69, 9.17) is 17.3 Å². The lowest BCUT2D eigenvalue weighted by atomic mass is 9.95. The van der Waals surface area contributed by atoms with E-state index in [1.54, 1.807) is 31.2 Å². The van der Waals surface area contributed by atoms with E-state index in [-0.39, 0.29) is 11.3 Å². The summed E-state index contributed by atoms with van der Waals surface area (Å²) in [7, 11) is 0. The van der Waals surface area contributed by atoms with Gasteiger partial charge in [-0.05, 0) is 36.2 Å². The van der Waals surface area contributed by atoms with Crippen molar-refractivity contribution in [2.24, 2.45) is 5.73 Å². The Balaban J connectivity index is 2.41. The lowest BCUT2D eigenvalue weighted by Gasteiger charge is -2.19. The van der Waals surface area contributed by atoms with Crippen LogP contribution in [-0.2, 0) is 0 Å². The molecule has 0 spiro atoms. The molecule has 0 heterocycles. The molecule has 0 saturated heterocycles. The number of hydrogen-bond donors (Lipinski definition) is 1. The van der Waals surface area contributed by atoms with E-state index in [1.807, 2.05) is 0 Å². The summed E-state index contributed by atoms with van der Waals surface area (Å²) in [6.45, 7) is 1.80. The molecule has 2 nitrogen and oxygen atoms in total. The van der Waals surface area contributed by atoms with Crippen LogP contribution in [0, 0.1) is 6.92 Å². The van der Waals surface area contributed by atoms with Gasteiger partial charge in [0, 0.05) is 10.6 Å². The van der Waals surface area contributed by atoms with Gasteiger partial charge in [0.1, 0.15) is 5.75 Å². The first-order chi connectivity index (χ1) is 9.78. The molecular weight excluding hydrogens is 303 g/mol. The second kappa shape index (κ2) is 5.95. The fourth-order valence-corrected chi connectivity index (χ4v) is 2.34. The highest BCUT2D eigenvalue weighted by molar-refractivity contribution is 6.30. The Hall–Kier alpha value is -1.72. The van der Waals surface area contributed by atoms with Crippen LogP contribution in [0.1, 0.15) is 22.7 Å². The molecule has 0 amide bonds. The van der Waals surface area contributed by atoms with Gasteiger partial charge in [0.15, 0.2) is 0 Å². The van der Waals surface area contributed by atoms with Crippen molar-refractivity contribution in [1.29, 1.82) is 0 Å². The first kappa shape index (κ1) is 15.7. The van der Waals surface area contributed by atoms with Crippen LogP contribution in [0.4, 0.5) is 13.2 Å². The van der Waals surface area contributed by atoms with Crippen molar-refractivity contribution in [2.75, 3.05) is 0 Å². The van der Waals surface area contributed by atoms with E-state index in [1.165, 1.54) is 18.2 Å². The van der Waals surface area contributed by atoms with Gasteiger partial charge in [-0.25, -0.2) is 0 Å². The Bertz CT molecular complexity index is 643. The molecule has 2 N–H and O–H groups in total. The largest absolute Gasteiger partial charge is 0.573 e. The molecule has 1 atom stereocenters. The SMILES string of the molecule is Cc1cc(Cl)ccc1C(N)c1ccccc1OC(F)(F)F. The van der Waals surface area contributed by atoms with E-state index in [0.717, 1.165) is 5.56 Å². The highest BCUT2D eigenvalue weighted by Gasteiger charge is 2.32. The van der Waals surface area contributed by atoms with Crippen LogP contribution >= 0.6 is 11.6 Å². The number of para-hydroxylation sites is 1.